The summed E-state index contributed by atoms with van der Waals surface area (Å²) in [6, 6.07) is 8.89. The van der Waals surface area contributed by atoms with E-state index in [4.69, 9.17) is 25.8 Å². The molecule has 5 rings (SSSR count). The van der Waals surface area contributed by atoms with Crippen LogP contribution in [0.25, 0.3) is 22.2 Å². The number of pyridine rings is 2. The van der Waals surface area contributed by atoms with Gasteiger partial charge in [0, 0.05) is 18.0 Å². The third-order valence-electron chi connectivity index (χ3n) is 6.31. The maximum absolute atomic E-state index is 12.9. The number of carbonyl (C=O) groups is 1. The summed E-state index contributed by atoms with van der Waals surface area (Å²) in [5.41, 5.74) is 2.75. The molecular formula is C27H26ClN5O5. The van der Waals surface area contributed by atoms with Crippen LogP contribution in [0, 0.1) is 0 Å². The summed E-state index contributed by atoms with van der Waals surface area (Å²) >= 11 is 6.34. The average Bonchev–Trinajstić information content (AvgIpc) is 3.26. The number of aromatic amines is 2. The fourth-order valence-electron chi connectivity index (χ4n) is 4.38. The lowest BCUT2D eigenvalue weighted by atomic mass is 10.1. The first-order chi connectivity index (χ1) is 18.5. The molecule has 1 amide bonds. The predicted molar refractivity (Wildman–Crippen MR) is 145 cm³/mol. The molecule has 0 spiro atoms. The summed E-state index contributed by atoms with van der Waals surface area (Å²) in [6.45, 7) is 5.15. The molecule has 0 aliphatic carbocycles. The van der Waals surface area contributed by atoms with Gasteiger partial charge in [-0.15, -0.1) is 0 Å². The molecule has 0 bridgehead atoms. The Morgan fingerprint density at radius 3 is 2.92 bits per heavy atom. The summed E-state index contributed by atoms with van der Waals surface area (Å²) in [4.78, 5) is 37.2. The zero-order valence-electron chi connectivity index (χ0n) is 20.6. The Morgan fingerprint density at radius 1 is 1.34 bits per heavy atom. The van der Waals surface area contributed by atoms with Gasteiger partial charge in [0.05, 0.1) is 72.1 Å². The van der Waals surface area contributed by atoms with Crippen molar-refractivity contribution in [2.45, 2.75) is 6.04 Å². The van der Waals surface area contributed by atoms with Crippen LogP contribution in [0.3, 0.4) is 0 Å². The fourth-order valence-corrected chi connectivity index (χ4v) is 4.63. The number of para-hydroxylation sites is 1. The number of benzene rings is 1. The third kappa shape index (κ3) is 4.83. The minimum absolute atomic E-state index is 0.00128. The number of rotatable bonds is 10. The number of H-pyrrole nitrogens is 2. The molecule has 0 radical (unpaired) electrons. The number of nitrogens with zero attached hydrogens (tertiary/aromatic N) is 2. The van der Waals surface area contributed by atoms with Crippen molar-refractivity contribution in [1.82, 2.24) is 19.9 Å². The number of methoxy groups -OCH3 is 1. The van der Waals surface area contributed by atoms with Crippen LogP contribution in [-0.2, 0) is 9.53 Å². The second-order valence-electron chi connectivity index (χ2n) is 8.56. The molecule has 10 nitrogen and oxygen atoms in total. The summed E-state index contributed by atoms with van der Waals surface area (Å²) < 4.78 is 16.9. The number of halogens is 1. The molecule has 0 saturated carbocycles. The third-order valence-corrected chi connectivity index (χ3v) is 6.61. The van der Waals surface area contributed by atoms with Crippen LogP contribution in [0.4, 0.5) is 11.4 Å². The molecule has 4 aromatic rings. The molecule has 1 aliphatic rings. The van der Waals surface area contributed by atoms with Gasteiger partial charge in [0.2, 0.25) is 5.91 Å². The number of aromatic nitrogens is 3. The number of amides is 1. The molecule has 196 valence electrons. The van der Waals surface area contributed by atoms with E-state index in [1.807, 2.05) is 6.07 Å². The Bertz CT molecular complexity index is 1540. The zero-order valence-corrected chi connectivity index (χ0v) is 21.4. The van der Waals surface area contributed by atoms with Crippen LogP contribution in [0.5, 0.6) is 11.5 Å². The molecule has 3 N–H and O–H groups in total. The van der Waals surface area contributed by atoms with E-state index in [1.54, 1.807) is 47.8 Å². The predicted octanol–water partition coefficient (Wildman–Crippen LogP) is 4.12. The van der Waals surface area contributed by atoms with Crippen LogP contribution in [0.2, 0.25) is 5.02 Å². The molecule has 1 fully saturated rings. The minimum atomic E-state index is -0.272. The van der Waals surface area contributed by atoms with E-state index >= 15 is 0 Å². The van der Waals surface area contributed by atoms with Crippen LogP contribution in [0.15, 0.2) is 66.4 Å². The number of hydrogen-bond acceptors (Lipinski definition) is 7. The second kappa shape index (κ2) is 11.0. The van der Waals surface area contributed by atoms with Crippen molar-refractivity contribution in [2.75, 3.05) is 38.8 Å². The Hall–Kier alpha value is -4.28. The largest absolute Gasteiger partial charge is 0.493 e. The summed E-state index contributed by atoms with van der Waals surface area (Å²) in [6.07, 6.45) is 6.10. The van der Waals surface area contributed by atoms with E-state index in [0.29, 0.717) is 69.8 Å². The summed E-state index contributed by atoms with van der Waals surface area (Å²) in [5, 5.41) is 4.19. The van der Waals surface area contributed by atoms with Crippen molar-refractivity contribution < 1.29 is 19.0 Å². The number of hydrogen-bond donors (Lipinski definition) is 3. The Balaban J connectivity index is 1.51. The molecule has 4 heterocycles. The highest BCUT2D eigenvalue weighted by atomic mass is 35.5. The van der Waals surface area contributed by atoms with E-state index in [-0.39, 0.29) is 24.1 Å². The van der Waals surface area contributed by atoms with Crippen molar-refractivity contribution in [1.29, 1.82) is 0 Å². The van der Waals surface area contributed by atoms with Gasteiger partial charge in [-0.1, -0.05) is 24.2 Å². The van der Waals surface area contributed by atoms with Crippen molar-refractivity contribution in [3.63, 3.8) is 0 Å². The van der Waals surface area contributed by atoms with Crippen molar-refractivity contribution >= 4 is 39.8 Å². The van der Waals surface area contributed by atoms with Crippen LogP contribution >= 0.6 is 11.6 Å². The molecule has 38 heavy (non-hydrogen) atoms. The topological polar surface area (TPSA) is 122 Å². The Kier molecular flexibility index (Phi) is 7.34. The van der Waals surface area contributed by atoms with Crippen molar-refractivity contribution in [2.24, 2.45) is 0 Å². The van der Waals surface area contributed by atoms with Crippen molar-refractivity contribution in [3.05, 3.63) is 77.0 Å². The Labute approximate surface area is 223 Å². The van der Waals surface area contributed by atoms with E-state index in [9.17, 15) is 9.59 Å². The maximum atomic E-state index is 12.9. The average molecular weight is 536 g/mol. The highest BCUT2D eigenvalue weighted by Crippen LogP contribution is 2.42. The maximum Gasteiger partial charge on any atom is 0.259 e. The lowest BCUT2D eigenvalue weighted by Crippen LogP contribution is -2.52. The van der Waals surface area contributed by atoms with Gasteiger partial charge >= 0.3 is 0 Å². The highest BCUT2D eigenvalue weighted by Gasteiger charge is 2.28. The van der Waals surface area contributed by atoms with Crippen LogP contribution in [-0.4, -0.2) is 65.3 Å². The van der Waals surface area contributed by atoms with Gasteiger partial charge < -0.3 is 34.4 Å². The monoisotopic (exact) mass is 535 g/mol. The van der Waals surface area contributed by atoms with Gasteiger partial charge in [-0.05, 0) is 30.3 Å². The Morgan fingerprint density at radius 2 is 2.18 bits per heavy atom. The fraction of sp³-hybridized carbons (Fsp3) is 0.222. The molecule has 1 aliphatic heterocycles. The number of carbonyl (C=O) groups excluding carboxylic acids is 1. The second-order valence-corrected chi connectivity index (χ2v) is 8.97. The van der Waals surface area contributed by atoms with Gasteiger partial charge in [-0.2, -0.15) is 0 Å². The van der Waals surface area contributed by atoms with E-state index < -0.39 is 0 Å². The molecule has 0 unspecified atom stereocenters. The lowest BCUT2D eigenvalue weighted by molar-refractivity contribution is -0.139. The first-order valence-electron chi connectivity index (χ1n) is 11.9. The number of nitrogens with one attached hydrogen (secondary N) is 3. The van der Waals surface area contributed by atoms with E-state index in [2.05, 4.69) is 26.8 Å². The highest BCUT2D eigenvalue weighted by molar-refractivity contribution is 6.32. The quantitative estimate of drug-likeness (QED) is 0.261. The molecule has 3 aromatic heterocycles. The van der Waals surface area contributed by atoms with Gasteiger partial charge in [-0.3, -0.25) is 14.6 Å². The molecule has 11 heteroatoms. The van der Waals surface area contributed by atoms with Gasteiger partial charge in [-0.25, -0.2) is 0 Å². The van der Waals surface area contributed by atoms with Crippen LogP contribution in [0.1, 0.15) is 0 Å². The smallest absolute Gasteiger partial charge is 0.259 e. The van der Waals surface area contributed by atoms with Crippen LogP contribution < -0.4 is 20.3 Å². The molecule has 0 atom stereocenters. The molecule has 1 saturated heterocycles. The number of ether oxygens (including phenoxy) is 3. The first kappa shape index (κ1) is 25.4. The molecular weight excluding hydrogens is 510 g/mol. The van der Waals surface area contributed by atoms with E-state index in [0.717, 1.165) is 0 Å². The minimum Gasteiger partial charge on any atom is -0.493 e. The van der Waals surface area contributed by atoms with Gasteiger partial charge in [0.1, 0.15) is 12.4 Å². The van der Waals surface area contributed by atoms with Crippen molar-refractivity contribution in [3.8, 4) is 22.8 Å². The standard InChI is InChI=1S/C27H26ClN5O5/c1-3-22(34)33(16-14-37-15-16)11-12-38-21-13-29-9-7-17(21)24-25(23-19(31-24)8-10-30-27(23)35)32-20-6-4-5-18(28)26(20)36-2/h3-10,13,16,31-32H,1,11-12,14-15H2,2H3,(H,30,35). The summed E-state index contributed by atoms with van der Waals surface area (Å²) in [7, 11) is 1.53. The van der Waals surface area contributed by atoms with Gasteiger partial charge in [0.25, 0.3) is 5.56 Å². The van der Waals surface area contributed by atoms with Gasteiger partial charge in [0.15, 0.2) is 5.75 Å². The normalized spacial score (nSPS) is 13.1. The first-order valence-corrected chi connectivity index (χ1v) is 12.3. The number of anilines is 2. The lowest BCUT2D eigenvalue weighted by Gasteiger charge is -2.36. The molecule has 1 aromatic carbocycles. The number of fused-ring (bicyclic) bond motifs is 1. The van der Waals surface area contributed by atoms with E-state index in [1.165, 1.54) is 13.2 Å². The zero-order chi connectivity index (χ0) is 26.6. The SMILES string of the molecule is C=CC(=O)N(CCOc1cnccc1-c1[nH]c2cc[nH]c(=O)c2c1Nc1cccc(Cl)c1OC)C1COC1. The summed E-state index contributed by atoms with van der Waals surface area (Å²) in [5.74, 6) is 0.748.